The average Bonchev–Trinajstić information content (AvgIpc) is 2.72. The summed E-state index contributed by atoms with van der Waals surface area (Å²) in [6, 6.07) is 8.13. The highest BCUT2D eigenvalue weighted by molar-refractivity contribution is 5.37. The van der Waals surface area contributed by atoms with Crippen LogP contribution in [0, 0.1) is 5.41 Å². The fraction of sp³-hybridized carbons (Fsp3) is 0.647. The number of para-hydroxylation sites is 1. The van der Waals surface area contributed by atoms with Gasteiger partial charge in [-0.3, -0.25) is 0 Å². The van der Waals surface area contributed by atoms with Crippen LogP contribution in [0.15, 0.2) is 24.3 Å². The molecule has 1 aromatic rings. The molecule has 1 aromatic carbocycles. The van der Waals surface area contributed by atoms with Gasteiger partial charge in [-0.05, 0) is 30.9 Å². The van der Waals surface area contributed by atoms with E-state index in [-0.39, 0.29) is 5.41 Å². The van der Waals surface area contributed by atoms with Crippen molar-refractivity contribution in [3.8, 4) is 5.75 Å². The smallest absolute Gasteiger partial charge is 0.122 e. The lowest BCUT2D eigenvalue weighted by Crippen LogP contribution is -2.58. The van der Waals surface area contributed by atoms with Crippen molar-refractivity contribution in [1.82, 2.24) is 0 Å². The number of hydrogen-bond acceptors (Lipinski definition) is 3. The third kappa shape index (κ3) is 2.23. The number of rotatable bonds is 2. The van der Waals surface area contributed by atoms with E-state index in [1.165, 1.54) is 18.4 Å². The Kier molecular flexibility index (Phi) is 3.74. The Balaban J connectivity index is 1.92. The SMILES string of the molecule is NCC1(C2(O)CCCCCC2)COc2ccccc2C1. The minimum absolute atomic E-state index is 0.328. The third-order valence-corrected chi connectivity index (χ3v) is 5.31. The minimum atomic E-state index is -0.675. The second kappa shape index (κ2) is 5.38. The van der Waals surface area contributed by atoms with Crippen LogP contribution in [-0.4, -0.2) is 23.9 Å². The number of fused-ring (bicyclic) bond motifs is 1. The molecular formula is C17H25NO2. The molecule has 1 atom stereocenters. The van der Waals surface area contributed by atoms with Crippen LogP contribution in [0.1, 0.15) is 44.1 Å². The molecule has 110 valence electrons. The average molecular weight is 275 g/mol. The molecule has 2 aliphatic rings. The molecule has 1 aliphatic heterocycles. The molecule has 0 amide bonds. The van der Waals surface area contributed by atoms with Gasteiger partial charge in [-0.2, -0.15) is 0 Å². The van der Waals surface area contributed by atoms with Crippen LogP contribution in [0.25, 0.3) is 0 Å². The Morgan fingerprint density at radius 3 is 2.50 bits per heavy atom. The van der Waals surface area contributed by atoms with Gasteiger partial charge in [0, 0.05) is 12.0 Å². The van der Waals surface area contributed by atoms with Gasteiger partial charge in [-0.1, -0.05) is 43.9 Å². The summed E-state index contributed by atoms with van der Waals surface area (Å²) in [5.74, 6) is 0.953. The third-order valence-electron chi connectivity index (χ3n) is 5.31. The maximum Gasteiger partial charge on any atom is 0.122 e. The van der Waals surface area contributed by atoms with Gasteiger partial charge in [0.25, 0.3) is 0 Å². The Morgan fingerprint density at radius 1 is 1.10 bits per heavy atom. The summed E-state index contributed by atoms with van der Waals surface area (Å²) in [5, 5.41) is 11.3. The molecule has 3 N–H and O–H groups in total. The maximum absolute atomic E-state index is 11.3. The Bertz CT molecular complexity index is 466. The molecule has 1 saturated carbocycles. The molecule has 3 heteroatoms. The van der Waals surface area contributed by atoms with Gasteiger partial charge in [0.1, 0.15) is 5.75 Å². The highest BCUT2D eigenvalue weighted by atomic mass is 16.5. The van der Waals surface area contributed by atoms with E-state index in [4.69, 9.17) is 10.5 Å². The van der Waals surface area contributed by atoms with E-state index < -0.39 is 5.60 Å². The number of benzene rings is 1. The van der Waals surface area contributed by atoms with Crippen LogP contribution in [0.4, 0.5) is 0 Å². The van der Waals surface area contributed by atoms with Crippen LogP contribution in [-0.2, 0) is 6.42 Å². The monoisotopic (exact) mass is 275 g/mol. The highest BCUT2D eigenvalue weighted by Crippen LogP contribution is 2.47. The second-order valence-corrected chi connectivity index (χ2v) is 6.50. The van der Waals surface area contributed by atoms with Crippen LogP contribution in [0.5, 0.6) is 5.75 Å². The van der Waals surface area contributed by atoms with E-state index in [1.54, 1.807) is 0 Å². The van der Waals surface area contributed by atoms with Gasteiger partial charge < -0.3 is 15.6 Å². The van der Waals surface area contributed by atoms with Gasteiger partial charge in [-0.15, -0.1) is 0 Å². The summed E-state index contributed by atoms with van der Waals surface area (Å²) in [7, 11) is 0. The summed E-state index contributed by atoms with van der Waals surface area (Å²) >= 11 is 0. The number of hydrogen-bond donors (Lipinski definition) is 2. The first kappa shape index (κ1) is 13.9. The fourth-order valence-corrected chi connectivity index (χ4v) is 3.89. The number of aliphatic hydroxyl groups is 1. The minimum Gasteiger partial charge on any atom is -0.493 e. The van der Waals surface area contributed by atoms with Gasteiger partial charge >= 0.3 is 0 Å². The summed E-state index contributed by atoms with van der Waals surface area (Å²) in [4.78, 5) is 0. The molecule has 1 aliphatic carbocycles. The molecule has 3 nitrogen and oxygen atoms in total. The molecule has 0 radical (unpaired) electrons. The molecular weight excluding hydrogens is 250 g/mol. The normalized spacial score (nSPS) is 29.1. The van der Waals surface area contributed by atoms with Crippen molar-refractivity contribution in [3.05, 3.63) is 29.8 Å². The first-order valence-electron chi connectivity index (χ1n) is 7.82. The van der Waals surface area contributed by atoms with Crippen LogP contribution < -0.4 is 10.5 Å². The Hall–Kier alpha value is -1.06. The number of ether oxygens (including phenoxy) is 1. The van der Waals surface area contributed by atoms with Gasteiger partial charge in [0.15, 0.2) is 0 Å². The van der Waals surface area contributed by atoms with E-state index >= 15 is 0 Å². The second-order valence-electron chi connectivity index (χ2n) is 6.50. The van der Waals surface area contributed by atoms with Crippen molar-refractivity contribution in [2.24, 2.45) is 11.1 Å². The predicted molar refractivity (Wildman–Crippen MR) is 79.8 cm³/mol. The van der Waals surface area contributed by atoms with Crippen LogP contribution in [0.3, 0.4) is 0 Å². The van der Waals surface area contributed by atoms with Gasteiger partial charge in [0.2, 0.25) is 0 Å². The molecule has 1 unspecified atom stereocenters. The van der Waals surface area contributed by atoms with Crippen molar-refractivity contribution >= 4 is 0 Å². The predicted octanol–water partition coefficient (Wildman–Crippen LogP) is 2.65. The maximum atomic E-state index is 11.3. The standard InChI is InChI=1S/C17H25NO2/c18-12-16(17(19)9-5-1-2-6-10-17)11-14-7-3-4-8-15(14)20-13-16/h3-4,7-8,19H,1-2,5-6,9-13,18H2. The quantitative estimate of drug-likeness (QED) is 0.816. The zero-order valence-electron chi connectivity index (χ0n) is 12.1. The summed E-state index contributed by atoms with van der Waals surface area (Å²) in [5.41, 5.74) is 6.30. The van der Waals surface area contributed by atoms with Crippen LogP contribution in [0.2, 0.25) is 0 Å². The molecule has 0 spiro atoms. The first-order chi connectivity index (χ1) is 9.69. The lowest BCUT2D eigenvalue weighted by Gasteiger charge is -2.49. The molecule has 3 rings (SSSR count). The highest BCUT2D eigenvalue weighted by Gasteiger charge is 2.51. The van der Waals surface area contributed by atoms with E-state index in [9.17, 15) is 5.11 Å². The first-order valence-corrected chi connectivity index (χ1v) is 7.82. The fourth-order valence-electron chi connectivity index (χ4n) is 3.89. The molecule has 0 aromatic heterocycles. The molecule has 1 fully saturated rings. The zero-order chi connectivity index (χ0) is 14.1. The van der Waals surface area contributed by atoms with E-state index in [0.29, 0.717) is 13.2 Å². The van der Waals surface area contributed by atoms with Gasteiger partial charge in [0.05, 0.1) is 12.2 Å². The number of nitrogens with two attached hydrogens (primary N) is 1. The lowest BCUT2D eigenvalue weighted by atomic mass is 9.64. The van der Waals surface area contributed by atoms with Crippen molar-refractivity contribution in [2.45, 2.75) is 50.5 Å². The van der Waals surface area contributed by atoms with Crippen molar-refractivity contribution in [2.75, 3.05) is 13.2 Å². The van der Waals surface area contributed by atoms with E-state index in [1.807, 2.05) is 18.2 Å². The van der Waals surface area contributed by atoms with Crippen molar-refractivity contribution < 1.29 is 9.84 Å². The summed E-state index contributed by atoms with van der Waals surface area (Å²) in [6.45, 7) is 1.02. The molecule has 1 heterocycles. The van der Waals surface area contributed by atoms with E-state index in [2.05, 4.69) is 6.07 Å². The van der Waals surface area contributed by atoms with Gasteiger partial charge in [-0.25, -0.2) is 0 Å². The molecule has 20 heavy (non-hydrogen) atoms. The van der Waals surface area contributed by atoms with Crippen molar-refractivity contribution in [3.63, 3.8) is 0 Å². The van der Waals surface area contributed by atoms with Crippen molar-refractivity contribution in [1.29, 1.82) is 0 Å². The molecule has 0 bridgehead atoms. The summed E-state index contributed by atoms with van der Waals surface area (Å²) in [6.07, 6.45) is 7.18. The van der Waals surface area contributed by atoms with Crippen LogP contribution >= 0.6 is 0 Å². The Labute approximate surface area is 121 Å². The largest absolute Gasteiger partial charge is 0.493 e. The summed E-state index contributed by atoms with van der Waals surface area (Å²) < 4.78 is 5.95. The molecule has 0 saturated heterocycles. The topological polar surface area (TPSA) is 55.5 Å². The van der Waals surface area contributed by atoms with E-state index in [0.717, 1.165) is 37.9 Å². The lowest BCUT2D eigenvalue weighted by molar-refractivity contribution is -0.116. The Morgan fingerprint density at radius 2 is 1.80 bits per heavy atom. The zero-order valence-corrected chi connectivity index (χ0v) is 12.1.